The summed E-state index contributed by atoms with van der Waals surface area (Å²) < 4.78 is 11.2. The Morgan fingerprint density at radius 2 is 2.07 bits per heavy atom. The summed E-state index contributed by atoms with van der Waals surface area (Å²) in [6.07, 6.45) is 2.59. The maximum absolute atomic E-state index is 12.8. The van der Waals surface area contributed by atoms with E-state index in [9.17, 15) is 10.1 Å². The molecule has 1 N–H and O–H groups in total. The lowest BCUT2D eigenvalue weighted by atomic mass is 10.2. The van der Waals surface area contributed by atoms with Gasteiger partial charge in [-0.05, 0) is 42.7 Å². The van der Waals surface area contributed by atoms with E-state index in [4.69, 9.17) is 20.8 Å². The summed E-state index contributed by atoms with van der Waals surface area (Å²) in [4.78, 5) is 14.9. The number of nitrogens with one attached hydrogen (secondary N) is 1. The van der Waals surface area contributed by atoms with Gasteiger partial charge in [-0.15, -0.1) is 0 Å². The Bertz CT molecular complexity index is 985. The molecule has 1 amide bonds. The number of morpholine rings is 1. The van der Waals surface area contributed by atoms with Crippen LogP contribution in [0.4, 0.5) is 11.4 Å². The molecular weight excluding hydrogens is 390 g/mol. The second kappa shape index (κ2) is 8.32. The highest BCUT2D eigenvalue weighted by Crippen LogP contribution is 2.47. The van der Waals surface area contributed by atoms with Gasteiger partial charge in [0.05, 0.1) is 24.6 Å². The van der Waals surface area contributed by atoms with Gasteiger partial charge in [-0.25, -0.2) is 0 Å². The Labute approximate surface area is 174 Å². The molecule has 29 heavy (non-hydrogen) atoms. The van der Waals surface area contributed by atoms with Gasteiger partial charge in [-0.3, -0.25) is 4.79 Å². The van der Waals surface area contributed by atoms with Crippen molar-refractivity contribution in [2.75, 3.05) is 36.5 Å². The third-order valence-corrected chi connectivity index (χ3v) is 5.57. The number of halogens is 1. The second-order valence-electron chi connectivity index (χ2n) is 7.44. The molecule has 1 saturated carbocycles. The van der Waals surface area contributed by atoms with Crippen molar-refractivity contribution in [2.45, 2.75) is 19.3 Å². The number of benzene rings is 1. The van der Waals surface area contributed by atoms with Gasteiger partial charge in [0.2, 0.25) is 0 Å². The molecule has 150 valence electrons. The van der Waals surface area contributed by atoms with Crippen molar-refractivity contribution in [1.82, 2.24) is 0 Å². The summed E-state index contributed by atoms with van der Waals surface area (Å²) in [5, 5.41) is 12.8. The molecular formula is C22H22ClN3O3. The van der Waals surface area contributed by atoms with Crippen LogP contribution >= 0.6 is 11.6 Å². The Morgan fingerprint density at radius 3 is 2.76 bits per heavy atom. The standard InChI is InChI=1S/C22H22ClN3O3/c1-14-10-18(14)21-5-3-17(29-21)11-15(13-24)22(27)25-19-12-16(23)2-4-20(19)26-6-8-28-9-7-26/h2-5,11-12,14,18H,6-10H2,1H3,(H,25,27)/b15-11+/t14-,18-/m0/s1. The minimum absolute atomic E-state index is 0.0253. The summed E-state index contributed by atoms with van der Waals surface area (Å²) in [5.41, 5.74) is 1.39. The highest BCUT2D eigenvalue weighted by Gasteiger charge is 2.36. The van der Waals surface area contributed by atoms with Crippen molar-refractivity contribution in [3.8, 4) is 6.07 Å². The van der Waals surface area contributed by atoms with Gasteiger partial charge in [0.25, 0.3) is 5.91 Å². The number of carbonyl (C=O) groups excluding carboxylic acids is 1. The second-order valence-corrected chi connectivity index (χ2v) is 7.88. The molecule has 2 heterocycles. The number of nitrogens with zero attached hydrogens (tertiary/aromatic N) is 2. The maximum atomic E-state index is 12.8. The molecule has 1 aromatic heterocycles. The van der Waals surface area contributed by atoms with E-state index in [2.05, 4.69) is 17.1 Å². The molecule has 0 unspecified atom stereocenters. The quantitative estimate of drug-likeness (QED) is 0.581. The van der Waals surface area contributed by atoms with Crippen LogP contribution < -0.4 is 10.2 Å². The molecule has 1 aliphatic heterocycles. The fraction of sp³-hybridized carbons (Fsp3) is 0.364. The third-order valence-electron chi connectivity index (χ3n) is 5.33. The molecule has 0 bridgehead atoms. The summed E-state index contributed by atoms with van der Waals surface area (Å²) in [5.74, 6) is 1.98. The lowest BCUT2D eigenvalue weighted by Crippen LogP contribution is -2.36. The van der Waals surface area contributed by atoms with Crippen molar-refractivity contribution in [3.63, 3.8) is 0 Å². The number of carbonyl (C=O) groups is 1. The Hall–Kier alpha value is -2.75. The zero-order chi connectivity index (χ0) is 20.4. The Morgan fingerprint density at radius 1 is 1.31 bits per heavy atom. The molecule has 0 radical (unpaired) electrons. The molecule has 7 heteroatoms. The van der Waals surface area contributed by atoms with Gasteiger partial charge in [-0.2, -0.15) is 5.26 Å². The summed E-state index contributed by atoms with van der Waals surface area (Å²) in [6, 6.07) is 11.0. The topological polar surface area (TPSA) is 78.5 Å². The van der Waals surface area contributed by atoms with Crippen molar-refractivity contribution < 1.29 is 13.9 Å². The molecule has 1 saturated heterocycles. The monoisotopic (exact) mass is 411 g/mol. The van der Waals surface area contributed by atoms with Gasteiger partial charge < -0.3 is 19.4 Å². The van der Waals surface area contributed by atoms with Crippen LogP contribution in [0.15, 0.2) is 40.3 Å². The summed E-state index contributed by atoms with van der Waals surface area (Å²) >= 11 is 6.14. The first-order valence-electron chi connectivity index (χ1n) is 9.70. The first-order valence-corrected chi connectivity index (χ1v) is 10.1. The summed E-state index contributed by atoms with van der Waals surface area (Å²) in [7, 11) is 0. The highest BCUT2D eigenvalue weighted by molar-refractivity contribution is 6.31. The van der Waals surface area contributed by atoms with Gasteiger partial charge >= 0.3 is 0 Å². The molecule has 2 fully saturated rings. The number of rotatable bonds is 5. The zero-order valence-corrected chi connectivity index (χ0v) is 16.9. The predicted octanol–water partition coefficient (Wildman–Crippen LogP) is 4.44. The number of amides is 1. The normalized spacial score (nSPS) is 21.6. The zero-order valence-electron chi connectivity index (χ0n) is 16.2. The predicted molar refractivity (Wildman–Crippen MR) is 112 cm³/mol. The molecule has 6 nitrogen and oxygen atoms in total. The largest absolute Gasteiger partial charge is 0.461 e. The molecule has 2 aliphatic rings. The maximum Gasteiger partial charge on any atom is 0.266 e. The number of hydrogen-bond acceptors (Lipinski definition) is 5. The fourth-order valence-electron chi connectivity index (χ4n) is 3.53. The third kappa shape index (κ3) is 4.47. The van der Waals surface area contributed by atoms with E-state index in [1.165, 1.54) is 6.08 Å². The summed E-state index contributed by atoms with van der Waals surface area (Å²) in [6.45, 7) is 4.87. The van der Waals surface area contributed by atoms with Crippen molar-refractivity contribution in [1.29, 1.82) is 5.26 Å². The fourth-order valence-corrected chi connectivity index (χ4v) is 3.70. The van der Waals surface area contributed by atoms with E-state index in [1.54, 1.807) is 18.2 Å². The van der Waals surface area contributed by atoms with Crippen molar-refractivity contribution in [2.24, 2.45) is 5.92 Å². The Kier molecular flexibility index (Phi) is 5.61. The smallest absolute Gasteiger partial charge is 0.266 e. The first kappa shape index (κ1) is 19.6. The lowest BCUT2D eigenvalue weighted by molar-refractivity contribution is -0.112. The molecule has 1 aliphatic carbocycles. The van der Waals surface area contributed by atoms with Crippen LogP contribution in [0.25, 0.3) is 6.08 Å². The lowest BCUT2D eigenvalue weighted by Gasteiger charge is -2.30. The average Bonchev–Trinajstić information content (AvgIpc) is 3.27. The van der Waals surface area contributed by atoms with Crippen LogP contribution in [-0.2, 0) is 9.53 Å². The molecule has 1 aromatic carbocycles. The van der Waals surface area contributed by atoms with E-state index in [0.29, 0.717) is 41.5 Å². The highest BCUT2D eigenvalue weighted by atomic mass is 35.5. The van der Waals surface area contributed by atoms with E-state index in [-0.39, 0.29) is 5.57 Å². The van der Waals surface area contributed by atoms with Gasteiger partial charge in [0.1, 0.15) is 23.2 Å². The molecule has 2 aromatic rings. The van der Waals surface area contributed by atoms with Crippen molar-refractivity contribution >= 4 is 35.0 Å². The molecule has 4 rings (SSSR count). The van der Waals surface area contributed by atoms with E-state index < -0.39 is 5.91 Å². The Balaban J connectivity index is 1.53. The number of anilines is 2. The number of furan rings is 1. The van der Waals surface area contributed by atoms with Crippen LogP contribution in [0.5, 0.6) is 0 Å². The average molecular weight is 412 g/mol. The van der Waals surface area contributed by atoms with Crippen molar-refractivity contribution in [3.05, 3.63) is 52.4 Å². The molecule has 0 spiro atoms. The minimum atomic E-state index is -0.498. The van der Waals surface area contributed by atoms with Crippen LogP contribution in [0.1, 0.15) is 30.8 Å². The van der Waals surface area contributed by atoms with E-state index >= 15 is 0 Å². The van der Waals surface area contributed by atoms with Gasteiger partial charge in [-0.1, -0.05) is 18.5 Å². The van der Waals surface area contributed by atoms with Crippen LogP contribution in [0, 0.1) is 17.2 Å². The SMILES string of the molecule is C[C@H]1C[C@@H]1c1ccc(/C=C(\C#N)C(=O)Nc2cc(Cl)ccc2N2CCOCC2)o1. The van der Waals surface area contributed by atoms with Crippen LogP contribution in [0.2, 0.25) is 5.02 Å². The van der Waals surface area contributed by atoms with Gasteiger partial charge in [0, 0.05) is 30.1 Å². The first-order chi connectivity index (χ1) is 14.0. The number of nitriles is 1. The molecule has 2 atom stereocenters. The van der Waals surface area contributed by atoms with Crippen LogP contribution in [0.3, 0.4) is 0 Å². The number of hydrogen-bond donors (Lipinski definition) is 1. The van der Waals surface area contributed by atoms with Crippen LogP contribution in [-0.4, -0.2) is 32.2 Å². The van der Waals surface area contributed by atoms with E-state index in [0.717, 1.165) is 31.0 Å². The minimum Gasteiger partial charge on any atom is -0.461 e. The van der Waals surface area contributed by atoms with E-state index in [1.807, 2.05) is 18.2 Å². The number of ether oxygens (including phenoxy) is 1. The van der Waals surface area contributed by atoms with Gasteiger partial charge in [0.15, 0.2) is 0 Å².